The van der Waals surface area contributed by atoms with Crippen molar-refractivity contribution in [1.29, 1.82) is 0 Å². The second-order valence-electron chi connectivity index (χ2n) is 3.98. The Kier molecular flexibility index (Phi) is 5.10. The van der Waals surface area contributed by atoms with Gasteiger partial charge in [0.2, 0.25) is 5.13 Å². The van der Waals surface area contributed by atoms with Gasteiger partial charge in [-0.05, 0) is 31.5 Å². The average Bonchev–Trinajstić information content (AvgIpc) is 2.89. The van der Waals surface area contributed by atoms with Crippen molar-refractivity contribution in [3.63, 3.8) is 0 Å². The van der Waals surface area contributed by atoms with E-state index in [0.29, 0.717) is 0 Å². The lowest BCUT2D eigenvalue weighted by Crippen LogP contribution is -2.20. The molecular weight excluding hydrogens is 322 g/mol. The van der Waals surface area contributed by atoms with Gasteiger partial charge in [-0.1, -0.05) is 39.4 Å². The summed E-state index contributed by atoms with van der Waals surface area (Å²) in [7, 11) is 0. The third kappa shape index (κ3) is 3.88. The van der Waals surface area contributed by atoms with Crippen molar-refractivity contribution in [2.24, 2.45) is 4.99 Å². The van der Waals surface area contributed by atoms with Crippen LogP contribution in [0.4, 0.5) is 5.13 Å². The van der Waals surface area contributed by atoms with Gasteiger partial charge >= 0.3 is 0 Å². The van der Waals surface area contributed by atoms with E-state index in [1.807, 2.05) is 24.7 Å². The number of halogens is 1. The third-order valence-electron chi connectivity index (χ3n) is 2.77. The van der Waals surface area contributed by atoms with Crippen LogP contribution in [0.5, 0.6) is 0 Å². The lowest BCUT2D eigenvalue weighted by molar-refractivity contribution is 0.480. The average molecular weight is 338 g/mol. The maximum Gasteiger partial charge on any atom is 0.211 e. The molecule has 2 rings (SSSR count). The summed E-state index contributed by atoms with van der Waals surface area (Å²) in [6.07, 6.45) is 3.74. The highest BCUT2D eigenvalue weighted by Gasteiger charge is 2.03. The molecule has 0 saturated carbocycles. The van der Waals surface area contributed by atoms with Gasteiger partial charge in [-0.25, -0.2) is 9.98 Å². The van der Waals surface area contributed by atoms with Crippen molar-refractivity contribution in [1.82, 2.24) is 9.88 Å². The highest BCUT2D eigenvalue weighted by atomic mass is 79.9. The van der Waals surface area contributed by atoms with Crippen molar-refractivity contribution in [2.75, 3.05) is 13.1 Å². The van der Waals surface area contributed by atoms with Crippen LogP contribution in [0.1, 0.15) is 13.8 Å². The molecule has 0 N–H and O–H groups in total. The third-order valence-corrected chi connectivity index (χ3v) is 4.25. The molecule has 0 fully saturated rings. The highest BCUT2D eigenvalue weighted by Crippen LogP contribution is 2.31. The fourth-order valence-electron chi connectivity index (χ4n) is 1.59. The summed E-state index contributed by atoms with van der Waals surface area (Å²) in [5.74, 6) is 0. The minimum Gasteiger partial charge on any atom is -0.363 e. The molecule has 0 spiro atoms. The first-order valence-electron chi connectivity index (χ1n) is 6.23. The van der Waals surface area contributed by atoms with Gasteiger partial charge < -0.3 is 4.90 Å². The number of rotatable bonds is 5. The fraction of sp³-hybridized carbons (Fsp3) is 0.286. The number of aliphatic imine (C=N–C) groups is 1. The smallest absolute Gasteiger partial charge is 0.211 e. The quantitative estimate of drug-likeness (QED) is 0.590. The molecule has 0 amide bonds. The molecule has 0 saturated heterocycles. The Labute approximate surface area is 126 Å². The van der Waals surface area contributed by atoms with Crippen molar-refractivity contribution < 1.29 is 0 Å². The van der Waals surface area contributed by atoms with Gasteiger partial charge in [0.05, 0.1) is 11.2 Å². The first-order valence-corrected chi connectivity index (χ1v) is 7.84. The van der Waals surface area contributed by atoms with Crippen molar-refractivity contribution in [2.45, 2.75) is 13.8 Å². The van der Waals surface area contributed by atoms with E-state index in [1.54, 1.807) is 11.3 Å². The zero-order valence-electron chi connectivity index (χ0n) is 11.0. The van der Waals surface area contributed by atoms with Crippen LogP contribution in [0.25, 0.3) is 10.4 Å². The Morgan fingerprint density at radius 1 is 1.26 bits per heavy atom. The maximum atomic E-state index is 4.41. The zero-order chi connectivity index (χ0) is 13.7. The van der Waals surface area contributed by atoms with E-state index in [2.05, 4.69) is 56.8 Å². The van der Waals surface area contributed by atoms with Gasteiger partial charge in [-0.3, -0.25) is 0 Å². The maximum absolute atomic E-state index is 4.41. The second kappa shape index (κ2) is 6.82. The van der Waals surface area contributed by atoms with Crippen LogP contribution in [0.15, 0.2) is 39.9 Å². The number of benzene rings is 1. The molecule has 2 aromatic rings. The predicted octanol–water partition coefficient (Wildman–Crippen LogP) is 4.57. The number of aromatic nitrogens is 1. The molecule has 3 nitrogen and oxygen atoms in total. The molecule has 1 aromatic carbocycles. The standard InChI is InChI=1S/C14H16BrN3S/c1-3-18(4-2)10-17-14-16-9-13(19-14)11-5-7-12(15)8-6-11/h5-10H,3-4H2,1-2H3/b17-10+. The molecule has 0 aliphatic rings. The number of nitrogens with zero attached hydrogens (tertiary/aromatic N) is 3. The molecule has 0 aliphatic heterocycles. The Bertz CT molecular complexity index is 544. The Morgan fingerprint density at radius 2 is 1.95 bits per heavy atom. The molecular formula is C14H16BrN3S. The number of thiazole rings is 1. The van der Waals surface area contributed by atoms with Gasteiger partial charge in [0.1, 0.15) is 0 Å². The summed E-state index contributed by atoms with van der Waals surface area (Å²) in [4.78, 5) is 12.0. The van der Waals surface area contributed by atoms with Crippen LogP contribution in [-0.2, 0) is 0 Å². The Hall–Kier alpha value is -1.20. The molecule has 19 heavy (non-hydrogen) atoms. The molecule has 0 atom stereocenters. The van der Waals surface area contributed by atoms with Crippen molar-refractivity contribution in [3.05, 3.63) is 34.9 Å². The van der Waals surface area contributed by atoms with Crippen LogP contribution in [0.2, 0.25) is 0 Å². The van der Waals surface area contributed by atoms with E-state index < -0.39 is 0 Å². The molecule has 5 heteroatoms. The van der Waals surface area contributed by atoms with Crippen LogP contribution in [-0.4, -0.2) is 29.3 Å². The van der Waals surface area contributed by atoms with Gasteiger partial charge in [0.25, 0.3) is 0 Å². The minimum atomic E-state index is 0.796. The predicted molar refractivity (Wildman–Crippen MR) is 86.3 cm³/mol. The zero-order valence-corrected chi connectivity index (χ0v) is 13.4. The first kappa shape index (κ1) is 14.2. The highest BCUT2D eigenvalue weighted by molar-refractivity contribution is 9.10. The van der Waals surface area contributed by atoms with Gasteiger partial charge in [-0.2, -0.15) is 0 Å². The second-order valence-corrected chi connectivity index (χ2v) is 5.90. The first-order chi connectivity index (χ1) is 9.22. The number of hydrogen-bond donors (Lipinski definition) is 0. The lowest BCUT2D eigenvalue weighted by atomic mass is 10.2. The van der Waals surface area contributed by atoms with E-state index in [1.165, 1.54) is 5.56 Å². The van der Waals surface area contributed by atoms with Crippen LogP contribution in [0, 0.1) is 0 Å². The van der Waals surface area contributed by atoms with Crippen LogP contribution in [0.3, 0.4) is 0 Å². The van der Waals surface area contributed by atoms with E-state index >= 15 is 0 Å². The number of hydrogen-bond acceptors (Lipinski definition) is 3. The SMILES string of the molecule is CCN(/C=N/c1ncc(-c2ccc(Br)cc2)s1)CC. The molecule has 1 heterocycles. The molecule has 100 valence electrons. The Balaban J connectivity index is 2.13. The summed E-state index contributed by atoms with van der Waals surface area (Å²) in [5, 5.41) is 0.796. The van der Waals surface area contributed by atoms with Gasteiger partial charge in [-0.15, -0.1) is 0 Å². The molecule has 0 bridgehead atoms. The molecule has 0 radical (unpaired) electrons. The van der Waals surface area contributed by atoms with E-state index in [-0.39, 0.29) is 0 Å². The summed E-state index contributed by atoms with van der Waals surface area (Å²) >= 11 is 5.04. The Morgan fingerprint density at radius 3 is 2.58 bits per heavy atom. The summed E-state index contributed by atoms with van der Waals surface area (Å²) in [6.45, 7) is 6.16. The lowest BCUT2D eigenvalue weighted by Gasteiger charge is -2.12. The van der Waals surface area contributed by atoms with Crippen molar-refractivity contribution in [3.8, 4) is 10.4 Å². The van der Waals surface area contributed by atoms with Crippen LogP contribution < -0.4 is 0 Å². The molecule has 1 aromatic heterocycles. The van der Waals surface area contributed by atoms with Gasteiger partial charge in [0, 0.05) is 23.8 Å². The van der Waals surface area contributed by atoms with Crippen molar-refractivity contribution >= 4 is 38.7 Å². The summed E-state index contributed by atoms with van der Waals surface area (Å²) in [5.41, 5.74) is 1.17. The largest absolute Gasteiger partial charge is 0.363 e. The summed E-state index contributed by atoms with van der Waals surface area (Å²) < 4.78 is 1.08. The summed E-state index contributed by atoms with van der Waals surface area (Å²) in [6, 6.07) is 8.23. The normalized spacial score (nSPS) is 11.1. The monoisotopic (exact) mass is 337 g/mol. The van der Waals surface area contributed by atoms with E-state index in [9.17, 15) is 0 Å². The topological polar surface area (TPSA) is 28.5 Å². The molecule has 0 aliphatic carbocycles. The molecule has 0 unspecified atom stereocenters. The fourth-order valence-corrected chi connectivity index (χ4v) is 2.62. The van der Waals surface area contributed by atoms with Crippen LogP contribution >= 0.6 is 27.3 Å². The van der Waals surface area contributed by atoms with Gasteiger partial charge in [0.15, 0.2) is 0 Å². The van der Waals surface area contributed by atoms with E-state index in [4.69, 9.17) is 0 Å². The minimum absolute atomic E-state index is 0.796. The van der Waals surface area contributed by atoms with E-state index in [0.717, 1.165) is 27.6 Å².